The van der Waals surface area contributed by atoms with Gasteiger partial charge < -0.3 is 9.47 Å². The van der Waals surface area contributed by atoms with Gasteiger partial charge in [0.1, 0.15) is 11.5 Å². The lowest BCUT2D eigenvalue weighted by Gasteiger charge is -2.34. The predicted octanol–water partition coefficient (Wildman–Crippen LogP) is 5.51. The summed E-state index contributed by atoms with van der Waals surface area (Å²) >= 11 is 0. The van der Waals surface area contributed by atoms with E-state index in [0.717, 1.165) is 24.6 Å². The number of alkyl halides is 4. The van der Waals surface area contributed by atoms with Crippen molar-refractivity contribution in [2.75, 3.05) is 0 Å². The van der Waals surface area contributed by atoms with Gasteiger partial charge in [0.15, 0.2) is 0 Å². The third-order valence-corrected chi connectivity index (χ3v) is 6.31. The van der Waals surface area contributed by atoms with Gasteiger partial charge in [-0.3, -0.25) is 0 Å². The van der Waals surface area contributed by atoms with Gasteiger partial charge in [-0.25, -0.2) is 0 Å². The van der Waals surface area contributed by atoms with E-state index in [0.29, 0.717) is 5.92 Å². The second-order valence-corrected chi connectivity index (χ2v) is 7.74. The minimum Gasteiger partial charge on any atom is -0.435 e. The van der Waals surface area contributed by atoms with E-state index < -0.39 is 13.2 Å². The summed E-state index contributed by atoms with van der Waals surface area (Å²) in [6, 6.07) is 3.54. The average Bonchev–Trinajstić information content (AvgIpc) is 2.89. The molecule has 0 aromatic heterocycles. The number of benzene rings is 1. The molecule has 2 aliphatic rings. The van der Waals surface area contributed by atoms with Gasteiger partial charge in [0.2, 0.25) is 0 Å². The molecule has 4 nitrogen and oxygen atoms in total. The van der Waals surface area contributed by atoms with Gasteiger partial charge in [0, 0.05) is 22.8 Å². The van der Waals surface area contributed by atoms with E-state index in [4.69, 9.17) is 0 Å². The Hall–Kier alpha value is -2.12. The predicted molar refractivity (Wildman–Crippen MR) is 94.0 cm³/mol. The van der Waals surface area contributed by atoms with Crippen molar-refractivity contribution in [2.24, 2.45) is 27.0 Å². The summed E-state index contributed by atoms with van der Waals surface area (Å²) < 4.78 is 58.5. The maximum Gasteiger partial charge on any atom is 0.387 e. The summed E-state index contributed by atoms with van der Waals surface area (Å²) in [4.78, 5) is 0. The summed E-state index contributed by atoms with van der Waals surface area (Å²) in [6.45, 7) is 0.518. The average molecular weight is 386 g/mol. The van der Waals surface area contributed by atoms with Crippen LogP contribution in [0.25, 0.3) is 0 Å². The normalized spacial score (nSPS) is 28.0. The molecule has 0 heterocycles. The van der Waals surface area contributed by atoms with Crippen LogP contribution in [-0.4, -0.2) is 25.1 Å². The number of rotatable bonds is 6. The Morgan fingerprint density at radius 1 is 1.11 bits per heavy atom. The highest BCUT2D eigenvalue weighted by Crippen LogP contribution is 2.64. The molecule has 1 aromatic carbocycles. The molecule has 0 radical (unpaired) electrons. The minimum absolute atomic E-state index is 0.0216. The Balaban J connectivity index is 1.82. The lowest BCUT2D eigenvalue weighted by molar-refractivity contribution is -0.0543. The zero-order valence-corrected chi connectivity index (χ0v) is 15.4. The summed E-state index contributed by atoms with van der Waals surface area (Å²) in [6.07, 6.45) is 4.39. The number of hydrogen-bond acceptors (Lipinski definition) is 4. The van der Waals surface area contributed by atoms with Crippen LogP contribution in [-0.2, 0) is 0 Å². The lowest BCUT2D eigenvalue weighted by atomic mass is 9.70. The Labute approximate surface area is 155 Å². The third kappa shape index (κ3) is 3.66. The number of hydrogen-bond donors (Lipinski definition) is 0. The third-order valence-electron chi connectivity index (χ3n) is 6.31. The van der Waals surface area contributed by atoms with Crippen LogP contribution in [0.15, 0.2) is 28.4 Å². The minimum atomic E-state index is -3.10. The second-order valence-electron chi connectivity index (χ2n) is 7.74. The fourth-order valence-electron chi connectivity index (χ4n) is 4.24. The highest BCUT2D eigenvalue weighted by Gasteiger charge is 2.59. The Morgan fingerprint density at radius 2 is 1.81 bits per heavy atom. The molecule has 2 fully saturated rings. The topological polar surface area (TPSA) is 43.2 Å². The lowest BCUT2D eigenvalue weighted by Crippen LogP contribution is -2.32. The maximum absolute atomic E-state index is 12.6. The fraction of sp³-hybridized carbons (Fsp3) is 0.579. The van der Waals surface area contributed by atoms with Crippen molar-refractivity contribution in [1.29, 1.82) is 0 Å². The van der Waals surface area contributed by atoms with E-state index in [1.165, 1.54) is 24.8 Å². The van der Waals surface area contributed by atoms with E-state index in [-0.39, 0.29) is 27.9 Å². The van der Waals surface area contributed by atoms with E-state index >= 15 is 0 Å². The molecule has 0 spiro atoms. The largest absolute Gasteiger partial charge is 0.435 e. The molecular weight excluding hydrogens is 364 g/mol. The standard InChI is InChI=1S/C19H22F4N2O2/c1-18(2)12-6-7-19(18,3)15(8-12)25-24-10-11-4-5-13(26-16(20)21)9-14(11)27-17(22)23/h4-5,9-10,12,16-17H,6-8H2,1-3H3/b24-10+,25-15?. The van der Waals surface area contributed by atoms with Crippen molar-refractivity contribution >= 4 is 11.9 Å². The summed E-state index contributed by atoms with van der Waals surface area (Å²) in [7, 11) is 0. The Bertz CT molecular complexity index is 764. The number of fused-ring (bicyclic) bond motifs is 2. The van der Waals surface area contributed by atoms with Crippen LogP contribution in [0.2, 0.25) is 0 Å². The van der Waals surface area contributed by atoms with Crippen LogP contribution in [0.5, 0.6) is 11.5 Å². The van der Waals surface area contributed by atoms with Gasteiger partial charge in [-0.1, -0.05) is 20.8 Å². The molecular formula is C19H22F4N2O2. The molecule has 2 aliphatic carbocycles. The molecule has 2 unspecified atom stereocenters. The molecule has 3 rings (SSSR count). The first kappa shape index (κ1) is 19.6. The van der Waals surface area contributed by atoms with Crippen molar-refractivity contribution in [3.05, 3.63) is 23.8 Å². The van der Waals surface area contributed by atoms with Crippen molar-refractivity contribution < 1.29 is 27.0 Å². The first-order valence-corrected chi connectivity index (χ1v) is 8.77. The van der Waals surface area contributed by atoms with Crippen LogP contribution in [0.3, 0.4) is 0 Å². The molecule has 148 valence electrons. The summed E-state index contributed by atoms with van der Waals surface area (Å²) in [5.74, 6) is -0.00183. The number of nitrogens with zero attached hydrogens (tertiary/aromatic N) is 2. The van der Waals surface area contributed by atoms with Gasteiger partial charge in [0.25, 0.3) is 0 Å². The number of ether oxygens (including phenoxy) is 2. The van der Waals surface area contributed by atoms with Crippen molar-refractivity contribution in [1.82, 2.24) is 0 Å². The molecule has 1 aromatic rings. The number of halogens is 4. The van der Waals surface area contributed by atoms with Crippen LogP contribution in [0, 0.1) is 16.7 Å². The fourth-order valence-corrected chi connectivity index (χ4v) is 4.24. The molecule has 2 saturated carbocycles. The van der Waals surface area contributed by atoms with E-state index in [2.05, 4.69) is 40.4 Å². The molecule has 0 N–H and O–H groups in total. The van der Waals surface area contributed by atoms with Crippen LogP contribution in [0.4, 0.5) is 17.6 Å². The first-order valence-electron chi connectivity index (χ1n) is 8.77. The van der Waals surface area contributed by atoms with E-state index in [9.17, 15) is 17.6 Å². The first-order chi connectivity index (χ1) is 12.6. The monoisotopic (exact) mass is 386 g/mol. The van der Waals surface area contributed by atoms with Gasteiger partial charge in [0.05, 0.1) is 6.21 Å². The SMILES string of the molecule is CC12CCC(CC1=N/N=C/c1ccc(OC(F)F)cc1OC(F)F)C2(C)C. The quantitative estimate of drug-likeness (QED) is 0.368. The maximum atomic E-state index is 12.6. The molecule has 2 atom stereocenters. The van der Waals surface area contributed by atoms with Crippen LogP contribution >= 0.6 is 0 Å². The van der Waals surface area contributed by atoms with E-state index in [1.54, 1.807) is 0 Å². The molecule has 0 amide bonds. The summed E-state index contributed by atoms with van der Waals surface area (Å²) in [5, 5.41) is 8.41. The van der Waals surface area contributed by atoms with Crippen LogP contribution in [0.1, 0.15) is 45.6 Å². The van der Waals surface area contributed by atoms with Gasteiger partial charge in [-0.05, 0) is 42.7 Å². The Kier molecular flexibility index (Phi) is 5.18. The van der Waals surface area contributed by atoms with Gasteiger partial charge in [-0.15, -0.1) is 0 Å². The Morgan fingerprint density at radius 3 is 2.37 bits per heavy atom. The molecule has 0 aliphatic heterocycles. The molecule has 2 bridgehead atoms. The highest BCUT2D eigenvalue weighted by atomic mass is 19.3. The van der Waals surface area contributed by atoms with Crippen molar-refractivity contribution in [3.63, 3.8) is 0 Å². The molecule has 0 saturated heterocycles. The molecule has 27 heavy (non-hydrogen) atoms. The zero-order valence-electron chi connectivity index (χ0n) is 15.4. The van der Waals surface area contributed by atoms with Gasteiger partial charge >= 0.3 is 13.2 Å². The van der Waals surface area contributed by atoms with Crippen LogP contribution < -0.4 is 9.47 Å². The van der Waals surface area contributed by atoms with Crippen molar-refractivity contribution in [3.8, 4) is 11.5 Å². The van der Waals surface area contributed by atoms with Crippen molar-refractivity contribution in [2.45, 2.75) is 53.3 Å². The highest BCUT2D eigenvalue weighted by molar-refractivity contribution is 5.95. The second kappa shape index (κ2) is 7.13. The zero-order chi connectivity index (χ0) is 19.8. The summed E-state index contributed by atoms with van der Waals surface area (Å²) in [5.41, 5.74) is 1.34. The van der Waals surface area contributed by atoms with Gasteiger partial charge in [-0.2, -0.15) is 27.8 Å². The molecule has 8 heteroatoms. The smallest absolute Gasteiger partial charge is 0.387 e. The van der Waals surface area contributed by atoms with E-state index in [1.807, 2.05) is 0 Å².